The molecule has 1 aliphatic heterocycles. The summed E-state index contributed by atoms with van der Waals surface area (Å²) in [4.78, 5) is 39.7. The molecule has 0 spiro atoms. The molecular weight excluding hydrogens is 402 g/mol. The number of aryl methyl sites for hydroxylation is 1. The lowest BCUT2D eigenvalue weighted by molar-refractivity contribution is -0.126. The number of hydrogen-bond acceptors (Lipinski definition) is 3. The number of carbonyl (C=O) groups is 3. The number of likely N-dealkylation sites (tertiary alicyclic amines) is 1. The Balaban J connectivity index is 1.55. The first-order chi connectivity index (χ1) is 15.3. The van der Waals surface area contributed by atoms with Crippen LogP contribution >= 0.6 is 0 Å². The average molecular weight is 436 g/mol. The zero-order valence-corrected chi connectivity index (χ0v) is 19.2. The van der Waals surface area contributed by atoms with Crippen molar-refractivity contribution < 1.29 is 14.4 Å². The molecule has 1 fully saturated rings. The highest BCUT2D eigenvalue weighted by atomic mass is 16.2. The van der Waals surface area contributed by atoms with E-state index in [1.807, 2.05) is 25.1 Å². The molecule has 0 saturated carbocycles. The summed E-state index contributed by atoms with van der Waals surface area (Å²) < 4.78 is 0. The zero-order valence-electron chi connectivity index (χ0n) is 19.2. The molecule has 2 N–H and O–H groups in total. The highest BCUT2D eigenvalue weighted by Crippen LogP contribution is 2.21. The van der Waals surface area contributed by atoms with Crippen LogP contribution < -0.4 is 10.6 Å². The van der Waals surface area contributed by atoms with E-state index in [2.05, 4.69) is 24.5 Å². The van der Waals surface area contributed by atoms with Gasteiger partial charge in [0.25, 0.3) is 11.8 Å². The van der Waals surface area contributed by atoms with Gasteiger partial charge in [-0.1, -0.05) is 38.1 Å². The molecule has 32 heavy (non-hydrogen) atoms. The van der Waals surface area contributed by atoms with E-state index in [1.54, 1.807) is 35.2 Å². The summed E-state index contributed by atoms with van der Waals surface area (Å²) in [5.41, 5.74) is 2.63. The molecule has 2 aromatic carbocycles. The van der Waals surface area contributed by atoms with Gasteiger partial charge in [0.15, 0.2) is 0 Å². The van der Waals surface area contributed by atoms with Crippen LogP contribution in [0.1, 0.15) is 59.4 Å². The van der Waals surface area contributed by atoms with Gasteiger partial charge in [-0.3, -0.25) is 14.4 Å². The number of nitrogens with one attached hydrogen (secondary N) is 2. The molecule has 2 aromatic rings. The smallest absolute Gasteiger partial charge is 0.255 e. The van der Waals surface area contributed by atoms with Crippen molar-refractivity contribution in [1.82, 2.24) is 10.2 Å². The van der Waals surface area contributed by atoms with Gasteiger partial charge in [0.05, 0.1) is 0 Å². The van der Waals surface area contributed by atoms with Crippen molar-refractivity contribution in [3.63, 3.8) is 0 Å². The Hall–Kier alpha value is -3.15. The maximum atomic E-state index is 13.0. The maximum absolute atomic E-state index is 13.0. The van der Waals surface area contributed by atoms with Crippen molar-refractivity contribution in [2.75, 3.05) is 25.0 Å². The van der Waals surface area contributed by atoms with Crippen LogP contribution in [0.2, 0.25) is 0 Å². The van der Waals surface area contributed by atoms with Crippen molar-refractivity contribution in [1.29, 1.82) is 0 Å². The van der Waals surface area contributed by atoms with Crippen LogP contribution in [0.4, 0.5) is 5.69 Å². The molecule has 0 radical (unpaired) electrons. The van der Waals surface area contributed by atoms with Crippen LogP contribution in [0.3, 0.4) is 0 Å². The lowest BCUT2D eigenvalue weighted by atomic mass is 9.95. The summed E-state index contributed by atoms with van der Waals surface area (Å²) in [6, 6.07) is 14.4. The highest BCUT2D eigenvalue weighted by Gasteiger charge is 2.27. The molecule has 1 aliphatic rings. The molecule has 0 unspecified atom stereocenters. The number of hydrogen-bond donors (Lipinski definition) is 2. The van der Waals surface area contributed by atoms with Crippen molar-refractivity contribution in [3.05, 3.63) is 65.2 Å². The average Bonchev–Trinajstić information content (AvgIpc) is 2.79. The quantitative estimate of drug-likeness (QED) is 0.682. The van der Waals surface area contributed by atoms with Crippen LogP contribution in [0.5, 0.6) is 0 Å². The van der Waals surface area contributed by atoms with E-state index in [0.717, 1.165) is 12.0 Å². The van der Waals surface area contributed by atoms with E-state index in [9.17, 15) is 14.4 Å². The van der Waals surface area contributed by atoms with Gasteiger partial charge < -0.3 is 15.5 Å². The predicted molar refractivity (Wildman–Crippen MR) is 127 cm³/mol. The first kappa shape index (κ1) is 23.5. The van der Waals surface area contributed by atoms with E-state index < -0.39 is 0 Å². The van der Waals surface area contributed by atoms with Crippen LogP contribution in [0, 0.1) is 18.8 Å². The fourth-order valence-corrected chi connectivity index (χ4v) is 3.91. The molecule has 0 aliphatic carbocycles. The second kappa shape index (κ2) is 10.9. The molecule has 6 nitrogen and oxygen atoms in total. The Kier molecular flexibility index (Phi) is 8.03. The Labute approximate surface area is 190 Å². The van der Waals surface area contributed by atoms with Crippen LogP contribution in [-0.4, -0.2) is 42.3 Å². The summed E-state index contributed by atoms with van der Waals surface area (Å²) in [6.07, 6.45) is 2.31. The lowest BCUT2D eigenvalue weighted by Gasteiger charge is -2.31. The molecule has 1 saturated heterocycles. The van der Waals surface area contributed by atoms with Gasteiger partial charge in [-0.2, -0.15) is 0 Å². The minimum atomic E-state index is -0.197. The first-order valence-corrected chi connectivity index (χ1v) is 11.4. The summed E-state index contributed by atoms with van der Waals surface area (Å²) >= 11 is 0. The minimum absolute atomic E-state index is 0.0362. The van der Waals surface area contributed by atoms with Gasteiger partial charge in [-0.05, 0) is 61.9 Å². The lowest BCUT2D eigenvalue weighted by Crippen LogP contribution is -2.43. The molecule has 1 heterocycles. The Morgan fingerprint density at radius 1 is 1.03 bits per heavy atom. The SMILES string of the molecule is Cc1ccccc1C(=O)Nc1cccc(C(=O)N2CCC(C(=O)NCCC(C)C)CC2)c1. The van der Waals surface area contributed by atoms with Crippen LogP contribution in [0.15, 0.2) is 48.5 Å². The second-order valence-corrected chi connectivity index (χ2v) is 8.89. The molecule has 6 heteroatoms. The summed E-state index contributed by atoms with van der Waals surface area (Å²) in [7, 11) is 0. The number of rotatable bonds is 7. The largest absolute Gasteiger partial charge is 0.356 e. The summed E-state index contributed by atoms with van der Waals surface area (Å²) in [6.45, 7) is 7.99. The number of benzene rings is 2. The molecule has 3 amide bonds. The number of amides is 3. The van der Waals surface area contributed by atoms with Crippen LogP contribution in [-0.2, 0) is 4.79 Å². The zero-order chi connectivity index (χ0) is 23.1. The van der Waals surface area contributed by atoms with Gasteiger partial charge in [-0.15, -0.1) is 0 Å². The van der Waals surface area contributed by atoms with Gasteiger partial charge in [0, 0.05) is 42.4 Å². The van der Waals surface area contributed by atoms with E-state index in [4.69, 9.17) is 0 Å². The van der Waals surface area contributed by atoms with Crippen molar-refractivity contribution in [2.24, 2.45) is 11.8 Å². The third-order valence-corrected chi connectivity index (χ3v) is 5.93. The summed E-state index contributed by atoms with van der Waals surface area (Å²) in [5, 5.41) is 5.90. The van der Waals surface area contributed by atoms with Gasteiger partial charge in [0.1, 0.15) is 0 Å². The Bertz CT molecular complexity index is 962. The summed E-state index contributed by atoms with van der Waals surface area (Å²) in [5.74, 6) is 0.351. The van der Waals surface area contributed by atoms with E-state index in [-0.39, 0.29) is 23.6 Å². The monoisotopic (exact) mass is 435 g/mol. The maximum Gasteiger partial charge on any atom is 0.255 e. The standard InChI is InChI=1S/C26H33N3O3/c1-18(2)11-14-27-24(30)20-12-15-29(16-13-20)26(32)21-8-6-9-22(17-21)28-25(31)23-10-5-4-7-19(23)3/h4-10,17-18,20H,11-16H2,1-3H3,(H,27,30)(H,28,31). The first-order valence-electron chi connectivity index (χ1n) is 11.4. The number of piperidine rings is 1. The molecule has 0 aromatic heterocycles. The minimum Gasteiger partial charge on any atom is -0.356 e. The van der Waals surface area contributed by atoms with Gasteiger partial charge >= 0.3 is 0 Å². The fraction of sp³-hybridized carbons (Fsp3) is 0.423. The number of carbonyl (C=O) groups excluding carboxylic acids is 3. The normalized spacial score (nSPS) is 14.3. The van der Waals surface area contributed by atoms with Crippen molar-refractivity contribution in [3.8, 4) is 0 Å². The molecule has 0 bridgehead atoms. The molecule has 0 atom stereocenters. The van der Waals surface area contributed by atoms with Gasteiger partial charge in [0.2, 0.25) is 5.91 Å². The van der Waals surface area contributed by atoms with Crippen molar-refractivity contribution >= 4 is 23.4 Å². The third kappa shape index (κ3) is 6.19. The van der Waals surface area contributed by atoms with Crippen LogP contribution in [0.25, 0.3) is 0 Å². The van der Waals surface area contributed by atoms with E-state index in [0.29, 0.717) is 55.2 Å². The predicted octanol–water partition coefficient (Wildman–Crippen LogP) is 4.26. The van der Waals surface area contributed by atoms with E-state index in [1.165, 1.54) is 0 Å². The van der Waals surface area contributed by atoms with Gasteiger partial charge in [-0.25, -0.2) is 0 Å². The fourth-order valence-electron chi connectivity index (χ4n) is 3.91. The number of nitrogens with zero attached hydrogens (tertiary/aromatic N) is 1. The number of anilines is 1. The topological polar surface area (TPSA) is 78.5 Å². The molecule has 3 rings (SSSR count). The Morgan fingerprint density at radius 2 is 1.75 bits per heavy atom. The molecular formula is C26H33N3O3. The van der Waals surface area contributed by atoms with Crippen molar-refractivity contribution in [2.45, 2.75) is 40.0 Å². The third-order valence-electron chi connectivity index (χ3n) is 5.93. The highest BCUT2D eigenvalue weighted by molar-refractivity contribution is 6.06. The Morgan fingerprint density at radius 3 is 2.44 bits per heavy atom. The molecule has 170 valence electrons. The second-order valence-electron chi connectivity index (χ2n) is 8.89. The van der Waals surface area contributed by atoms with E-state index >= 15 is 0 Å².